The predicted molar refractivity (Wildman–Crippen MR) is 117 cm³/mol. The van der Waals surface area contributed by atoms with Gasteiger partial charge in [-0.1, -0.05) is 29.3 Å². The van der Waals surface area contributed by atoms with Crippen molar-refractivity contribution in [1.82, 2.24) is 9.21 Å². The minimum absolute atomic E-state index is 0.146. The number of benzene rings is 2. The van der Waals surface area contributed by atoms with Crippen LogP contribution in [0.1, 0.15) is 5.56 Å². The Bertz CT molecular complexity index is 994. The second kappa shape index (κ2) is 10.1. The molecule has 7 nitrogen and oxygen atoms in total. The van der Waals surface area contributed by atoms with Crippen LogP contribution in [-0.2, 0) is 26.1 Å². The first-order valence-corrected chi connectivity index (χ1v) is 11.6. The fourth-order valence-electron chi connectivity index (χ4n) is 3.09. The van der Waals surface area contributed by atoms with Gasteiger partial charge in [0, 0.05) is 35.4 Å². The van der Waals surface area contributed by atoms with Gasteiger partial charge in [-0.05, 0) is 49.0 Å². The minimum atomic E-state index is -3.56. The van der Waals surface area contributed by atoms with Crippen molar-refractivity contribution in [2.75, 3.05) is 45.2 Å². The van der Waals surface area contributed by atoms with Crippen LogP contribution in [0, 0.1) is 0 Å². The highest BCUT2D eigenvalue weighted by Gasteiger charge is 2.26. The summed E-state index contributed by atoms with van der Waals surface area (Å²) >= 11 is 12.1. The maximum atomic E-state index is 12.6. The number of ether oxygens (including phenoxy) is 1. The van der Waals surface area contributed by atoms with E-state index in [2.05, 4.69) is 5.32 Å². The highest BCUT2D eigenvalue weighted by molar-refractivity contribution is 7.89. The van der Waals surface area contributed by atoms with E-state index in [-0.39, 0.29) is 17.3 Å². The van der Waals surface area contributed by atoms with Crippen LogP contribution in [0.3, 0.4) is 0 Å². The normalized spacial score (nSPS) is 15.3. The molecule has 0 atom stereocenters. The molecule has 0 saturated carbocycles. The Hall–Kier alpha value is -1.68. The van der Waals surface area contributed by atoms with Gasteiger partial charge in [0.05, 0.1) is 24.7 Å². The second-order valence-corrected chi connectivity index (χ2v) is 9.78. The number of morpholine rings is 1. The zero-order chi connectivity index (χ0) is 21.7. The zero-order valence-electron chi connectivity index (χ0n) is 16.5. The average Bonchev–Trinajstić information content (AvgIpc) is 2.71. The summed E-state index contributed by atoms with van der Waals surface area (Å²) in [7, 11) is -1.75. The molecule has 1 heterocycles. The lowest BCUT2D eigenvalue weighted by molar-refractivity contribution is -0.117. The predicted octanol–water partition coefficient (Wildman–Crippen LogP) is 3.08. The first-order chi connectivity index (χ1) is 14.3. The molecule has 0 unspecified atom stereocenters. The van der Waals surface area contributed by atoms with Crippen molar-refractivity contribution < 1.29 is 17.9 Å². The molecule has 0 spiro atoms. The summed E-state index contributed by atoms with van der Waals surface area (Å²) in [5.41, 5.74) is 1.40. The number of sulfonamides is 1. The lowest BCUT2D eigenvalue weighted by Crippen LogP contribution is -2.40. The van der Waals surface area contributed by atoms with Crippen LogP contribution in [-0.4, -0.2) is 63.4 Å². The Morgan fingerprint density at radius 3 is 2.43 bits per heavy atom. The number of anilines is 1. The van der Waals surface area contributed by atoms with Gasteiger partial charge in [0.25, 0.3) is 0 Å². The molecule has 1 saturated heterocycles. The maximum absolute atomic E-state index is 12.6. The summed E-state index contributed by atoms with van der Waals surface area (Å²) in [6.45, 7) is 2.09. The van der Waals surface area contributed by atoms with Gasteiger partial charge < -0.3 is 10.1 Å². The molecule has 162 valence electrons. The van der Waals surface area contributed by atoms with Gasteiger partial charge in [0.15, 0.2) is 0 Å². The molecule has 1 aliphatic heterocycles. The number of hydrogen-bond acceptors (Lipinski definition) is 5. The third-order valence-corrected chi connectivity index (χ3v) is 7.11. The zero-order valence-corrected chi connectivity index (χ0v) is 18.8. The number of carbonyl (C=O) groups excluding carboxylic acids is 1. The highest BCUT2D eigenvalue weighted by atomic mass is 35.5. The van der Waals surface area contributed by atoms with Crippen LogP contribution in [0.4, 0.5) is 5.69 Å². The molecule has 0 radical (unpaired) electrons. The number of amides is 1. The molecule has 2 aromatic carbocycles. The monoisotopic (exact) mass is 471 g/mol. The smallest absolute Gasteiger partial charge is 0.243 e. The van der Waals surface area contributed by atoms with Crippen LogP contribution in [0.15, 0.2) is 47.4 Å². The fourth-order valence-corrected chi connectivity index (χ4v) is 4.96. The lowest BCUT2D eigenvalue weighted by atomic mass is 10.2. The molecule has 0 aromatic heterocycles. The second-order valence-electron chi connectivity index (χ2n) is 7.00. The molecule has 1 N–H and O–H groups in total. The summed E-state index contributed by atoms with van der Waals surface area (Å²) in [6, 6.07) is 11.4. The van der Waals surface area contributed by atoms with Crippen molar-refractivity contribution in [2.45, 2.75) is 11.4 Å². The topological polar surface area (TPSA) is 79.0 Å². The van der Waals surface area contributed by atoms with Crippen LogP contribution < -0.4 is 5.32 Å². The lowest BCUT2D eigenvalue weighted by Gasteiger charge is -2.26. The quantitative estimate of drug-likeness (QED) is 0.670. The molecule has 0 aliphatic carbocycles. The molecule has 3 rings (SSSR count). The van der Waals surface area contributed by atoms with Crippen LogP contribution in [0.2, 0.25) is 10.0 Å². The third-order valence-electron chi connectivity index (χ3n) is 4.61. The Morgan fingerprint density at radius 1 is 1.13 bits per heavy atom. The molecule has 2 aromatic rings. The van der Waals surface area contributed by atoms with Crippen molar-refractivity contribution >= 4 is 44.8 Å². The molecule has 1 aliphatic rings. The number of nitrogens with zero attached hydrogens (tertiary/aromatic N) is 2. The number of halogens is 2. The van der Waals surface area contributed by atoms with E-state index in [4.69, 9.17) is 27.9 Å². The number of nitrogens with one attached hydrogen (secondary N) is 1. The number of hydrogen-bond donors (Lipinski definition) is 1. The van der Waals surface area contributed by atoms with E-state index in [1.165, 1.54) is 16.4 Å². The summed E-state index contributed by atoms with van der Waals surface area (Å²) in [5, 5.41) is 3.88. The molecule has 1 fully saturated rings. The van der Waals surface area contributed by atoms with E-state index >= 15 is 0 Å². The Labute approximate surface area is 186 Å². The van der Waals surface area contributed by atoms with E-state index in [1.807, 2.05) is 18.0 Å². The van der Waals surface area contributed by atoms with Crippen molar-refractivity contribution in [2.24, 2.45) is 0 Å². The molecule has 10 heteroatoms. The number of carbonyl (C=O) groups is 1. The van der Waals surface area contributed by atoms with E-state index in [9.17, 15) is 13.2 Å². The van der Waals surface area contributed by atoms with Gasteiger partial charge in [0.2, 0.25) is 15.9 Å². The molecule has 1 amide bonds. The first kappa shape index (κ1) is 23.0. The van der Waals surface area contributed by atoms with Gasteiger partial charge in [-0.25, -0.2) is 8.42 Å². The standard InChI is InChI=1S/C20H23Cl2N3O4S/c1-24(13-15-2-3-16(21)12-19(15)22)14-20(26)23-17-4-6-18(7-5-17)30(27,28)25-8-10-29-11-9-25/h2-7,12H,8-11,13-14H2,1H3,(H,23,26). The number of likely N-dealkylation sites (N-methyl/N-ethyl adjacent to an activating group) is 1. The van der Waals surface area contributed by atoms with Gasteiger partial charge in [-0.3, -0.25) is 9.69 Å². The van der Waals surface area contributed by atoms with Gasteiger partial charge in [-0.2, -0.15) is 4.31 Å². The molecular weight excluding hydrogens is 449 g/mol. The average molecular weight is 472 g/mol. The van der Waals surface area contributed by atoms with Crippen molar-refractivity contribution in [1.29, 1.82) is 0 Å². The first-order valence-electron chi connectivity index (χ1n) is 9.36. The maximum Gasteiger partial charge on any atom is 0.243 e. The largest absolute Gasteiger partial charge is 0.379 e. The minimum Gasteiger partial charge on any atom is -0.379 e. The Morgan fingerprint density at radius 2 is 1.80 bits per heavy atom. The number of rotatable bonds is 7. The summed E-state index contributed by atoms with van der Waals surface area (Å²) in [6.07, 6.45) is 0. The van der Waals surface area contributed by atoms with E-state index in [1.54, 1.807) is 24.3 Å². The van der Waals surface area contributed by atoms with Crippen LogP contribution in [0.5, 0.6) is 0 Å². The van der Waals surface area contributed by atoms with Crippen LogP contribution >= 0.6 is 23.2 Å². The van der Waals surface area contributed by atoms with E-state index in [0.29, 0.717) is 48.6 Å². The van der Waals surface area contributed by atoms with E-state index < -0.39 is 10.0 Å². The highest BCUT2D eigenvalue weighted by Crippen LogP contribution is 2.22. The summed E-state index contributed by atoms with van der Waals surface area (Å²) in [4.78, 5) is 14.3. The van der Waals surface area contributed by atoms with Crippen molar-refractivity contribution in [3.63, 3.8) is 0 Å². The fraction of sp³-hybridized carbons (Fsp3) is 0.350. The molecule has 0 bridgehead atoms. The summed E-state index contributed by atoms with van der Waals surface area (Å²) in [5.74, 6) is -0.216. The van der Waals surface area contributed by atoms with E-state index in [0.717, 1.165) is 5.56 Å². The Balaban J connectivity index is 1.56. The SMILES string of the molecule is CN(CC(=O)Nc1ccc(S(=O)(=O)N2CCOCC2)cc1)Cc1ccc(Cl)cc1Cl. The van der Waals surface area contributed by atoms with Gasteiger partial charge in [0.1, 0.15) is 0 Å². The van der Waals surface area contributed by atoms with Gasteiger partial charge in [-0.15, -0.1) is 0 Å². The molecular formula is C20H23Cl2N3O4S. The van der Waals surface area contributed by atoms with Gasteiger partial charge >= 0.3 is 0 Å². The molecule has 30 heavy (non-hydrogen) atoms. The van der Waals surface area contributed by atoms with Crippen LogP contribution in [0.25, 0.3) is 0 Å². The van der Waals surface area contributed by atoms with Crippen molar-refractivity contribution in [3.05, 3.63) is 58.1 Å². The third kappa shape index (κ3) is 5.94. The van der Waals surface area contributed by atoms with Crippen molar-refractivity contribution in [3.8, 4) is 0 Å². The summed E-state index contributed by atoms with van der Waals surface area (Å²) < 4.78 is 31.9. The Kier molecular flexibility index (Phi) is 7.73.